The summed E-state index contributed by atoms with van der Waals surface area (Å²) in [7, 11) is -3.52. The number of pyridine rings is 1. The molecule has 3 heterocycles. The van der Waals surface area contributed by atoms with Crippen molar-refractivity contribution in [2.45, 2.75) is 44.3 Å². The summed E-state index contributed by atoms with van der Waals surface area (Å²) >= 11 is 0. The third-order valence-corrected chi connectivity index (χ3v) is 7.30. The van der Waals surface area contributed by atoms with Gasteiger partial charge >= 0.3 is 6.09 Å². The van der Waals surface area contributed by atoms with Crippen LogP contribution in [-0.2, 0) is 19.3 Å². The van der Waals surface area contributed by atoms with Crippen molar-refractivity contribution in [3.8, 4) is 5.75 Å². The third kappa shape index (κ3) is 5.89. The Morgan fingerprint density at radius 2 is 1.86 bits per heavy atom. The number of likely N-dealkylation sites (tertiary alicyclic amines) is 1. The molecule has 1 N–H and O–H groups in total. The van der Waals surface area contributed by atoms with Crippen LogP contribution in [0.3, 0.4) is 0 Å². The van der Waals surface area contributed by atoms with Gasteiger partial charge in [-0.05, 0) is 52.0 Å². The summed E-state index contributed by atoms with van der Waals surface area (Å²) in [5.41, 5.74) is 0.210. The van der Waals surface area contributed by atoms with Gasteiger partial charge in [0, 0.05) is 42.9 Å². The van der Waals surface area contributed by atoms with Crippen molar-refractivity contribution < 1.29 is 31.8 Å². The van der Waals surface area contributed by atoms with Gasteiger partial charge in [0.25, 0.3) is 0 Å². The number of fused-ring (bicyclic) bond motifs is 2. The van der Waals surface area contributed by atoms with Crippen molar-refractivity contribution in [2.24, 2.45) is 11.8 Å². The second kappa shape index (κ2) is 9.85. The first-order chi connectivity index (χ1) is 16.8. The first-order valence-corrected chi connectivity index (χ1v) is 13.7. The molecular weight excluding hydrogens is 489 g/mol. The predicted octanol–water partition coefficient (Wildman–Crippen LogP) is 3.94. The average Bonchev–Trinajstić information content (AvgIpc) is 2.75. The maximum atomic E-state index is 14.6. The lowest BCUT2D eigenvalue weighted by Crippen LogP contribution is -2.59. The molecule has 2 unspecified atom stereocenters. The van der Waals surface area contributed by atoms with Crippen molar-refractivity contribution in [3.63, 3.8) is 0 Å². The maximum Gasteiger partial charge on any atom is 0.410 e. The van der Waals surface area contributed by atoms with Gasteiger partial charge in [-0.2, -0.15) is 0 Å². The Bertz CT molecular complexity index is 1230. The number of anilines is 2. The minimum Gasteiger partial charge on any atom is -0.489 e. The van der Waals surface area contributed by atoms with Crippen LogP contribution in [0.25, 0.3) is 0 Å². The van der Waals surface area contributed by atoms with Crippen LogP contribution in [0.5, 0.6) is 5.75 Å². The van der Waals surface area contributed by atoms with E-state index in [1.165, 1.54) is 12.1 Å². The molecule has 2 aromatic rings. The van der Waals surface area contributed by atoms with Crippen LogP contribution in [0.15, 0.2) is 35.4 Å². The van der Waals surface area contributed by atoms with E-state index in [-0.39, 0.29) is 34.6 Å². The molecule has 36 heavy (non-hydrogen) atoms. The van der Waals surface area contributed by atoms with E-state index in [2.05, 4.69) is 10.3 Å². The normalized spacial score (nSPS) is 22.2. The molecule has 2 atom stereocenters. The summed E-state index contributed by atoms with van der Waals surface area (Å²) in [4.78, 5) is 18.6. The van der Waals surface area contributed by atoms with Crippen LogP contribution >= 0.6 is 0 Å². The molecule has 2 aliphatic heterocycles. The molecule has 0 aliphatic carbocycles. The van der Waals surface area contributed by atoms with E-state index >= 15 is 0 Å². The fourth-order valence-electron chi connectivity index (χ4n) is 4.44. The van der Waals surface area contributed by atoms with Gasteiger partial charge in [0.15, 0.2) is 9.84 Å². The molecule has 196 valence electrons. The molecule has 1 aromatic heterocycles. The summed E-state index contributed by atoms with van der Waals surface area (Å²) in [6.07, 6.45) is 2.08. The lowest BCUT2D eigenvalue weighted by molar-refractivity contribution is -0.112. The van der Waals surface area contributed by atoms with Gasteiger partial charge in [0.05, 0.1) is 23.8 Å². The van der Waals surface area contributed by atoms with E-state index < -0.39 is 21.3 Å². The first-order valence-electron chi connectivity index (χ1n) is 11.8. The van der Waals surface area contributed by atoms with Gasteiger partial charge in [-0.15, -0.1) is 0 Å². The molecule has 0 saturated carbocycles. The Kier molecular flexibility index (Phi) is 7.16. The Balaban J connectivity index is 1.50. The Morgan fingerprint density at radius 1 is 1.19 bits per heavy atom. The number of ether oxygens (including phenoxy) is 3. The number of carbonyl (C=O) groups is 1. The number of sulfone groups is 1. The van der Waals surface area contributed by atoms with E-state index in [0.717, 1.165) is 12.3 Å². The fourth-order valence-corrected chi connectivity index (χ4v) is 5.07. The molecule has 2 bridgehead atoms. The number of nitrogens with zero attached hydrogens (tertiary/aromatic N) is 2. The van der Waals surface area contributed by atoms with Crippen molar-refractivity contribution >= 4 is 27.4 Å². The number of hydrogen-bond donors (Lipinski definition) is 1. The Morgan fingerprint density at radius 3 is 2.44 bits per heavy atom. The van der Waals surface area contributed by atoms with E-state index in [0.29, 0.717) is 43.4 Å². The minimum absolute atomic E-state index is 0.0324. The molecular formula is C25H32FN3O6S. The number of nitrogens with one attached hydrogen (secondary N) is 1. The molecule has 0 radical (unpaired) electrons. The zero-order valence-corrected chi connectivity index (χ0v) is 21.9. The summed E-state index contributed by atoms with van der Waals surface area (Å²) in [6.45, 7) is 9.20. The molecule has 2 fully saturated rings. The molecule has 0 spiro atoms. The van der Waals surface area contributed by atoms with Crippen LogP contribution in [0, 0.1) is 24.6 Å². The van der Waals surface area contributed by atoms with Crippen molar-refractivity contribution in [3.05, 3.63) is 41.8 Å². The summed E-state index contributed by atoms with van der Waals surface area (Å²) in [5, 5.41) is 2.94. The second-order valence-corrected chi connectivity index (χ2v) is 12.4. The molecule has 9 nitrogen and oxygen atoms in total. The minimum atomic E-state index is -3.52. The largest absolute Gasteiger partial charge is 0.489 e. The van der Waals surface area contributed by atoms with Gasteiger partial charge in [0.2, 0.25) is 0 Å². The molecule has 4 rings (SSSR count). The molecule has 2 aliphatic rings. The molecule has 11 heteroatoms. The number of amides is 1. The van der Waals surface area contributed by atoms with E-state index in [1.807, 2.05) is 27.7 Å². The maximum absolute atomic E-state index is 14.6. The number of benzene rings is 1. The first kappa shape index (κ1) is 26.2. The van der Waals surface area contributed by atoms with Crippen LogP contribution in [0.2, 0.25) is 0 Å². The highest BCUT2D eigenvalue weighted by molar-refractivity contribution is 7.90. The van der Waals surface area contributed by atoms with Crippen LogP contribution in [-0.4, -0.2) is 68.7 Å². The molecule has 2 saturated heterocycles. The third-order valence-electron chi connectivity index (χ3n) is 6.19. The smallest absolute Gasteiger partial charge is 0.410 e. The standard InChI is InChI=1S/C25H32FN3O6S/c1-15-21(8-9-27-23(15)28-20-7-6-18(10-19(20)26)36(5,31)32)34-22-16-11-29(12-17(22)14-33-13-16)24(30)35-25(2,3)4/h6-10,16-17,22H,11-14H2,1-5H3,(H,27,28). The van der Waals surface area contributed by atoms with Crippen LogP contribution in [0.4, 0.5) is 20.7 Å². The lowest BCUT2D eigenvalue weighted by Gasteiger charge is -2.46. The van der Waals surface area contributed by atoms with Crippen molar-refractivity contribution in [2.75, 3.05) is 37.9 Å². The number of rotatable bonds is 5. The highest BCUT2D eigenvalue weighted by atomic mass is 32.2. The number of hydrogen-bond acceptors (Lipinski definition) is 8. The van der Waals surface area contributed by atoms with Crippen molar-refractivity contribution in [1.82, 2.24) is 9.88 Å². The molecule has 1 amide bonds. The fraction of sp³-hybridized carbons (Fsp3) is 0.520. The van der Waals surface area contributed by atoms with Gasteiger partial charge in [0.1, 0.15) is 29.1 Å². The lowest BCUT2D eigenvalue weighted by atomic mass is 9.84. The predicted molar refractivity (Wildman–Crippen MR) is 132 cm³/mol. The van der Waals surface area contributed by atoms with Gasteiger partial charge in [-0.3, -0.25) is 0 Å². The highest BCUT2D eigenvalue weighted by Gasteiger charge is 2.44. The Hall–Kier alpha value is -2.92. The second-order valence-electron chi connectivity index (χ2n) is 10.3. The number of aromatic nitrogens is 1. The average molecular weight is 522 g/mol. The zero-order chi connectivity index (χ0) is 26.3. The topological polar surface area (TPSA) is 107 Å². The van der Waals surface area contributed by atoms with Gasteiger partial charge < -0.3 is 24.4 Å². The monoisotopic (exact) mass is 521 g/mol. The van der Waals surface area contributed by atoms with Crippen LogP contribution in [0.1, 0.15) is 26.3 Å². The van der Waals surface area contributed by atoms with Crippen molar-refractivity contribution in [1.29, 1.82) is 0 Å². The Labute approximate surface area is 210 Å². The SMILES string of the molecule is Cc1c(OC2C3COCC2CN(C(=O)OC(C)(C)C)C3)ccnc1Nc1ccc(S(C)(=O)=O)cc1F. The van der Waals surface area contributed by atoms with Gasteiger partial charge in [-0.1, -0.05) is 0 Å². The van der Waals surface area contributed by atoms with E-state index in [1.54, 1.807) is 17.2 Å². The number of carbonyl (C=O) groups excluding carboxylic acids is 1. The summed E-state index contributed by atoms with van der Waals surface area (Å²) < 4.78 is 55.7. The van der Waals surface area contributed by atoms with E-state index in [9.17, 15) is 17.6 Å². The van der Waals surface area contributed by atoms with Gasteiger partial charge in [-0.25, -0.2) is 22.6 Å². The quantitative estimate of drug-likeness (QED) is 0.631. The summed E-state index contributed by atoms with van der Waals surface area (Å²) in [5.74, 6) is 0.218. The molecule has 1 aromatic carbocycles. The van der Waals surface area contributed by atoms with Crippen LogP contribution < -0.4 is 10.1 Å². The number of halogens is 1. The van der Waals surface area contributed by atoms with E-state index in [4.69, 9.17) is 14.2 Å². The summed E-state index contributed by atoms with van der Waals surface area (Å²) in [6, 6.07) is 5.44. The zero-order valence-electron chi connectivity index (χ0n) is 21.1. The number of piperidine rings is 1. The highest BCUT2D eigenvalue weighted by Crippen LogP contribution is 2.35.